The third kappa shape index (κ3) is 3.92. The van der Waals surface area contributed by atoms with E-state index < -0.39 is 10.0 Å². The summed E-state index contributed by atoms with van der Waals surface area (Å²) in [5, 5.41) is 5.10. The Balaban J connectivity index is 2.05. The molecular weight excluding hydrogens is 276 g/mol. The van der Waals surface area contributed by atoms with Crippen molar-refractivity contribution >= 4 is 15.7 Å². The van der Waals surface area contributed by atoms with Crippen LogP contribution in [0, 0.1) is 0 Å². The van der Waals surface area contributed by atoms with E-state index in [0.29, 0.717) is 6.54 Å². The van der Waals surface area contributed by atoms with Crippen LogP contribution in [0.15, 0.2) is 29.2 Å². The fourth-order valence-corrected chi connectivity index (χ4v) is 3.00. The predicted octanol–water partition coefficient (Wildman–Crippen LogP) is -0.195. The van der Waals surface area contributed by atoms with Crippen LogP contribution in [0.2, 0.25) is 0 Å². The summed E-state index contributed by atoms with van der Waals surface area (Å²) in [6, 6.07) is 6.76. The van der Waals surface area contributed by atoms with Gasteiger partial charge in [-0.2, -0.15) is 0 Å². The Labute approximate surface area is 120 Å². The van der Waals surface area contributed by atoms with Gasteiger partial charge in [-0.05, 0) is 37.2 Å². The van der Waals surface area contributed by atoms with Crippen LogP contribution >= 0.6 is 0 Å². The molecule has 1 fully saturated rings. The lowest BCUT2D eigenvalue weighted by atomic mass is 10.2. The second-order valence-corrected chi connectivity index (χ2v) is 6.57. The average Bonchev–Trinajstić information content (AvgIpc) is 2.64. The van der Waals surface area contributed by atoms with E-state index in [4.69, 9.17) is 10.9 Å². The summed E-state index contributed by atoms with van der Waals surface area (Å²) in [5.41, 5.74) is 6.62. The van der Waals surface area contributed by atoms with Crippen LogP contribution in [0.3, 0.4) is 0 Å². The summed E-state index contributed by atoms with van der Waals surface area (Å²) in [5.74, 6) is 0. The smallest absolute Gasteiger partial charge is 0.238 e. The van der Waals surface area contributed by atoms with E-state index in [0.717, 1.165) is 44.8 Å². The Morgan fingerprint density at radius 1 is 1.05 bits per heavy atom. The summed E-state index contributed by atoms with van der Waals surface area (Å²) < 4.78 is 22.5. The Kier molecular flexibility index (Phi) is 4.98. The van der Waals surface area contributed by atoms with Crippen molar-refractivity contribution in [2.45, 2.75) is 11.3 Å². The molecule has 1 aliphatic heterocycles. The van der Waals surface area contributed by atoms with E-state index in [-0.39, 0.29) is 4.90 Å². The topological polar surface area (TPSA) is 92.7 Å². The van der Waals surface area contributed by atoms with Crippen LogP contribution in [0.1, 0.15) is 6.42 Å². The Hall–Kier alpha value is -1.15. The van der Waals surface area contributed by atoms with Gasteiger partial charge in [0.2, 0.25) is 10.0 Å². The summed E-state index contributed by atoms with van der Waals surface area (Å²) in [6.07, 6.45) is 1.08. The van der Waals surface area contributed by atoms with Gasteiger partial charge in [0.25, 0.3) is 0 Å². The first kappa shape index (κ1) is 15.2. The normalized spacial score (nSPS) is 18.0. The van der Waals surface area contributed by atoms with Gasteiger partial charge in [0, 0.05) is 38.4 Å². The number of nitrogens with zero attached hydrogens (tertiary/aromatic N) is 2. The minimum Gasteiger partial charge on any atom is -0.370 e. The lowest BCUT2D eigenvalue weighted by Gasteiger charge is -2.23. The van der Waals surface area contributed by atoms with Crippen molar-refractivity contribution in [3.63, 3.8) is 0 Å². The molecule has 2 rings (SSSR count). The van der Waals surface area contributed by atoms with Crippen molar-refractivity contribution < 1.29 is 8.42 Å². The molecule has 6 nitrogen and oxygen atoms in total. The van der Waals surface area contributed by atoms with E-state index in [1.807, 2.05) is 12.1 Å². The van der Waals surface area contributed by atoms with Crippen molar-refractivity contribution in [1.82, 2.24) is 4.90 Å². The summed E-state index contributed by atoms with van der Waals surface area (Å²) in [6.45, 7) is 5.54. The molecule has 7 heteroatoms. The van der Waals surface area contributed by atoms with Crippen molar-refractivity contribution in [1.29, 1.82) is 0 Å². The van der Waals surface area contributed by atoms with Crippen LogP contribution in [0.25, 0.3) is 0 Å². The van der Waals surface area contributed by atoms with Crippen molar-refractivity contribution in [2.24, 2.45) is 10.9 Å². The first-order valence-electron chi connectivity index (χ1n) is 6.81. The van der Waals surface area contributed by atoms with Gasteiger partial charge in [0.15, 0.2) is 0 Å². The van der Waals surface area contributed by atoms with Crippen LogP contribution in [-0.4, -0.2) is 52.6 Å². The summed E-state index contributed by atoms with van der Waals surface area (Å²) in [4.78, 5) is 4.78. The van der Waals surface area contributed by atoms with E-state index in [2.05, 4.69) is 9.80 Å². The number of rotatable bonds is 4. The van der Waals surface area contributed by atoms with Crippen molar-refractivity contribution in [3.8, 4) is 0 Å². The molecule has 1 aromatic carbocycles. The fourth-order valence-electron chi connectivity index (χ4n) is 2.48. The highest BCUT2D eigenvalue weighted by Crippen LogP contribution is 2.19. The van der Waals surface area contributed by atoms with E-state index in [9.17, 15) is 8.42 Å². The molecule has 0 atom stereocenters. The van der Waals surface area contributed by atoms with Gasteiger partial charge in [-0.3, -0.25) is 0 Å². The third-order valence-electron chi connectivity index (χ3n) is 3.56. The molecule has 0 aliphatic carbocycles. The molecule has 1 aliphatic rings. The second kappa shape index (κ2) is 6.53. The number of hydrogen-bond acceptors (Lipinski definition) is 5. The zero-order valence-electron chi connectivity index (χ0n) is 11.5. The van der Waals surface area contributed by atoms with E-state index in [1.165, 1.54) is 0 Å². The molecule has 0 unspecified atom stereocenters. The molecule has 4 N–H and O–H groups in total. The molecule has 112 valence electrons. The highest BCUT2D eigenvalue weighted by Gasteiger charge is 2.15. The van der Waals surface area contributed by atoms with Crippen LogP contribution < -0.4 is 15.8 Å². The number of nitrogens with two attached hydrogens (primary N) is 2. The van der Waals surface area contributed by atoms with Gasteiger partial charge in [-0.15, -0.1) is 0 Å². The lowest BCUT2D eigenvalue weighted by molar-refractivity contribution is 0.302. The van der Waals surface area contributed by atoms with Crippen molar-refractivity contribution in [2.75, 3.05) is 44.2 Å². The van der Waals surface area contributed by atoms with Gasteiger partial charge in [-0.25, -0.2) is 13.6 Å². The summed E-state index contributed by atoms with van der Waals surface area (Å²) in [7, 11) is -3.61. The largest absolute Gasteiger partial charge is 0.370 e. The Morgan fingerprint density at radius 3 is 2.35 bits per heavy atom. The minimum atomic E-state index is -3.61. The molecule has 1 heterocycles. The molecule has 0 aromatic heterocycles. The number of anilines is 1. The van der Waals surface area contributed by atoms with Crippen LogP contribution in [-0.2, 0) is 10.0 Å². The van der Waals surface area contributed by atoms with Crippen LogP contribution in [0.5, 0.6) is 0 Å². The number of hydrogen-bond donors (Lipinski definition) is 2. The van der Waals surface area contributed by atoms with Crippen LogP contribution in [0.4, 0.5) is 5.69 Å². The average molecular weight is 298 g/mol. The molecular formula is C13H22N4O2S. The molecule has 0 amide bonds. The Bertz CT molecular complexity index is 530. The quantitative estimate of drug-likeness (QED) is 0.803. The fraction of sp³-hybridized carbons (Fsp3) is 0.538. The molecule has 1 saturated heterocycles. The zero-order chi connectivity index (χ0) is 14.6. The van der Waals surface area contributed by atoms with E-state index in [1.54, 1.807) is 12.1 Å². The lowest BCUT2D eigenvalue weighted by Crippen LogP contribution is -2.33. The maximum atomic E-state index is 11.2. The van der Waals surface area contributed by atoms with Crippen molar-refractivity contribution in [3.05, 3.63) is 24.3 Å². The monoisotopic (exact) mass is 298 g/mol. The maximum absolute atomic E-state index is 11.2. The molecule has 20 heavy (non-hydrogen) atoms. The summed E-state index contributed by atoms with van der Waals surface area (Å²) >= 11 is 0. The first-order valence-corrected chi connectivity index (χ1v) is 8.35. The van der Waals surface area contributed by atoms with E-state index >= 15 is 0 Å². The molecule has 1 aromatic rings. The molecule has 0 spiro atoms. The highest BCUT2D eigenvalue weighted by molar-refractivity contribution is 7.89. The number of sulfonamides is 1. The first-order chi connectivity index (χ1) is 9.50. The highest BCUT2D eigenvalue weighted by atomic mass is 32.2. The SMILES string of the molecule is NCCN1CCCN(c2ccc(S(N)(=O)=O)cc2)CC1. The number of primary sulfonamides is 1. The maximum Gasteiger partial charge on any atom is 0.238 e. The molecule has 0 radical (unpaired) electrons. The van der Waals surface area contributed by atoms with Gasteiger partial charge in [0.05, 0.1) is 4.90 Å². The second-order valence-electron chi connectivity index (χ2n) is 5.01. The van der Waals surface area contributed by atoms with Gasteiger partial charge in [-0.1, -0.05) is 0 Å². The zero-order valence-corrected chi connectivity index (χ0v) is 12.3. The molecule has 0 bridgehead atoms. The standard InChI is InChI=1S/C13H22N4O2S/c14-6-9-16-7-1-8-17(11-10-16)12-2-4-13(5-3-12)20(15,18)19/h2-5H,1,6-11,14H2,(H2,15,18,19). The van der Waals surface area contributed by atoms with Gasteiger partial charge < -0.3 is 15.5 Å². The molecule has 0 saturated carbocycles. The Morgan fingerprint density at radius 2 is 1.75 bits per heavy atom. The third-order valence-corrected chi connectivity index (χ3v) is 4.49. The number of benzene rings is 1. The van der Waals surface area contributed by atoms with Gasteiger partial charge in [0.1, 0.15) is 0 Å². The minimum absolute atomic E-state index is 0.154. The van der Waals surface area contributed by atoms with Gasteiger partial charge >= 0.3 is 0 Å². The predicted molar refractivity (Wildman–Crippen MR) is 80.1 cm³/mol.